The molecule has 4 rings (SSSR count). The monoisotopic (exact) mass is 430 g/mol. The van der Waals surface area contributed by atoms with Crippen molar-refractivity contribution in [3.63, 3.8) is 0 Å². The highest BCUT2D eigenvalue weighted by molar-refractivity contribution is 5.47. The minimum Gasteiger partial charge on any atom is -0.491 e. The molecular weight excluding hydrogens is 406 g/mol. The lowest BCUT2D eigenvalue weighted by Gasteiger charge is -2.46. The van der Waals surface area contributed by atoms with Gasteiger partial charge in [0, 0.05) is 38.0 Å². The van der Waals surface area contributed by atoms with Crippen LogP contribution in [-0.4, -0.2) is 51.2 Å². The molecule has 2 saturated heterocycles. The largest absolute Gasteiger partial charge is 0.491 e. The third-order valence-corrected chi connectivity index (χ3v) is 5.65. The van der Waals surface area contributed by atoms with Crippen molar-refractivity contribution in [3.05, 3.63) is 53.4 Å². The summed E-state index contributed by atoms with van der Waals surface area (Å²) < 4.78 is 44.9. The average Bonchev–Trinajstić information content (AvgIpc) is 2.76. The molecule has 0 aliphatic carbocycles. The maximum Gasteiger partial charge on any atom is 0.190 e. The van der Waals surface area contributed by atoms with Gasteiger partial charge in [-0.25, -0.2) is 13.8 Å². The second-order valence-electron chi connectivity index (χ2n) is 7.97. The average molecular weight is 430 g/mol. The van der Waals surface area contributed by atoms with Gasteiger partial charge in [-0.3, -0.25) is 0 Å². The van der Waals surface area contributed by atoms with Gasteiger partial charge in [0.15, 0.2) is 23.7 Å². The molecule has 3 heterocycles. The van der Waals surface area contributed by atoms with Crippen molar-refractivity contribution in [1.29, 1.82) is 5.26 Å². The van der Waals surface area contributed by atoms with Crippen LogP contribution in [0.3, 0.4) is 0 Å². The molecule has 2 aliphatic rings. The second-order valence-corrected chi connectivity index (χ2v) is 7.97. The topological polar surface area (TPSA) is 79.6 Å². The van der Waals surface area contributed by atoms with Crippen molar-refractivity contribution in [3.8, 4) is 11.8 Å². The van der Waals surface area contributed by atoms with E-state index in [0.717, 1.165) is 18.8 Å². The van der Waals surface area contributed by atoms with E-state index in [9.17, 15) is 8.78 Å². The van der Waals surface area contributed by atoms with E-state index in [-0.39, 0.29) is 18.2 Å². The van der Waals surface area contributed by atoms with Gasteiger partial charge in [0.2, 0.25) is 0 Å². The van der Waals surface area contributed by atoms with Crippen LogP contribution >= 0.6 is 0 Å². The molecule has 9 heteroatoms. The number of aromatic nitrogens is 1. The summed E-state index contributed by atoms with van der Waals surface area (Å²) in [4.78, 5) is 6.04. The Balaban J connectivity index is 1.47. The first kappa shape index (κ1) is 21.4. The highest BCUT2D eigenvalue weighted by Crippen LogP contribution is 2.30. The Morgan fingerprint density at radius 1 is 1.26 bits per heavy atom. The van der Waals surface area contributed by atoms with Crippen molar-refractivity contribution >= 4 is 5.69 Å². The number of hydrogen-bond donors (Lipinski definition) is 1. The number of anilines is 1. The number of nitrogens with zero attached hydrogens (tertiary/aromatic N) is 3. The normalized spacial score (nSPS) is 17.7. The van der Waals surface area contributed by atoms with Crippen molar-refractivity contribution < 1.29 is 23.0 Å². The van der Waals surface area contributed by atoms with E-state index in [0.29, 0.717) is 37.4 Å². The van der Waals surface area contributed by atoms with Gasteiger partial charge in [0.1, 0.15) is 11.8 Å². The molecule has 0 saturated carbocycles. The fraction of sp³-hybridized carbons (Fsp3) is 0.455. The lowest BCUT2D eigenvalue weighted by molar-refractivity contribution is -0.239. The van der Waals surface area contributed by atoms with E-state index < -0.39 is 17.4 Å². The summed E-state index contributed by atoms with van der Waals surface area (Å²) >= 11 is 0. The van der Waals surface area contributed by atoms with Crippen molar-refractivity contribution in [2.75, 3.05) is 44.9 Å². The summed E-state index contributed by atoms with van der Waals surface area (Å²) in [6, 6.07) is 7.87. The Morgan fingerprint density at radius 3 is 2.48 bits per heavy atom. The Bertz CT molecular complexity index is 927. The SMILES string of the molecule is COc1c(F)cc(CN(CCC2OCC3(CNC3)CO2)c2ccc(C#N)nc2)cc1F. The summed E-state index contributed by atoms with van der Waals surface area (Å²) in [6.45, 7) is 3.86. The molecule has 0 radical (unpaired) electrons. The van der Waals surface area contributed by atoms with Gasteiger partial charge in [-0.05, 0) is 29.8 Å². The number of pyridine rings is 1. The fourth-order valence-corrected chi connectivity index (χ4v) is 3.80. The summed E-state index contributed by atoms with van der Waals surface area (Å²) in [5.41, 5.74) is 1.56. The zero-order valence-electron chi connectivity index (χ0n) is 17.2. The molecule has 2 aromatic rings. The van der Waals surface area contributed by atoms with Crippen LogP contribution in [0.25, 0.3) is 0 Å². The van der Waals surface area contributed by atoms with E-state index in [1.54, 1.807) is 18.3 Å². The van der Waals surface area contributed by atoms with Crippen molar-refractivity contribution in [1.82, 2.24) is 10.3 Å². The van der Waals surface area contributed by atoms with Gasteiger partial charge in [-0.1, -0.05) is 0 Å². The van der Waals surface area contributed by atoms with Crippen LogP contribution in [0.5, 0.6) is 5.75 Å². The Morgan fingerprint density at radius 2 is 1.97 bits per heavy atom. The molecule has 2 fully saturated rings. The summed E-state index contributed by atoms with van der Waals surface area (Å²) in [5, 5.41) is 12.2. The van der Waals surface area contributed by atoms with Gasteiger partial charge >= 0.3 is 0 Å². The molecule has 0 unspecified atom stereocenters. The maximum absolute atomic E-state index is 14.2. The van der Waals surface area contributed by atoms with Crippen molar-refractivity contribution in [2.45, 2.75) is 19.3 Å². The highest BCUT2D eigenvalue weighted by Gasteiger charge is 2.42. The van der Waals surface area contributed by atoms with Gasteiger partial charge in [-0.2, -0.15) is 5.26 Å². The van der Waals surface area contributed by atoms with Crippen LogP contribution in [0.4, 0.5) is 14.5 Å². The summed E-state index contributed by atoms with van der Waals surface area (Å²) in [7, 11) is 1.23. The number of hydrogen-bond acceptors (Lipinski definition) is 7. The highest BCUT2D eigenvalue weighted by atomic mass is 19.1. The Labute approximate surface area is 179 Å². The predicted molar refractivity (Wildman–Crippen MR) is 109 cm³/mol. The minimum atomic E-state index is -0.756. The molecule has 0 bridgehead atoms. The van der Waals surface area contributed by atoms with Crippen LogP contribution in [-0.2, 0) is 16.0 Å². The lowest BCUT2D eigenvalue weighted by Crippen LogP contribution is -2.61. The molecule has 1 aromatic carbocycles. The van der Waals surface area contributed by atoms with Crippen LogP contribution in [0.1, 0.15) is 17.7 Å². The molecule has 1 N–H and O–H groups in total. The van der Waals surface area contributed by atoms with Gasteiger partial charge in [0.05, 0.1) is 32.2 Å². The number of nitrogens with one attached hydrogen (secondary N) is 1. The first-order valence-corrected chi connectivity index (χ1v) is 10.1. The summed E-state index contributed by atoms with van der Waals surface area (Å²) in [6.07, 6.45) is 1.81. The van der Waals surface area contributed by atoms with E-state index in [1.807, 2.05) is 11.0 Å². The third kappa shape index (κ3) is 4.77. The number of rotatable bonds is 7. The zero-order chi connectivity index (χ0) is 21.8. The fourth-order valence-electron chi connectivity index (χ4n) is 3.80. The van der Waals surface area contributed by atoms with Crippen molar-refractivity contribution in [2.24, 2.45) is 5.41 Å². The van der Waals surface area contributed by atoms with E-state index in [1.165, 1.54) is 19.2 Å². The van der Waals surface area contributed by atoms with E-state index >= 15 is 0 Å². The maximum atomic E-state index is 14.2. The first-order chi connectivity index (χ1) is 15.0. The quantitative estimate of drug-likeness (QED) is 0.723. The molecular formula is C22H24F2N4O3. The Kier molecular flexibility index (Phi) is 6.32. The molecule has 31 heavy (non-hydrogen) atoms. The van der Waals surface area contributed by atoms with Gasteiger partial charge in [-0.15, -0.1) is 0 Å². The lowest BCUT2D eigenvalue weighted by atomic mass is 9.83. The second kappa shape index (κ2) is 9.14. The smallest absolute Gasteiger partial charge is 0.190 e. The third-order valence-electron chi connectivity index (χ3n) is 5.65. The molecule has 2 aliphatic heterocycles. The molecule has 164 valence electrons. The molecule has 1 spiro atoms. The van der Waals surface area contributed by atoms with E-state index in [2.05, 4.69) is 10.3 Å². The number of nitriles is 1. The van der Waals surface area contributed by atoms with Crippen LogP contribution in [0, 0.1) is 28.4 Å². The van der Waals surface area contributed by atoms with E-state index in [4.69, 9.17) is 19.5 Å². The number of ether oxygens (including phenoxy) is 3. The molecule has 7 nitrogen and oxygen atoms in total. The first-order valence-electron chi connectivity index (χ1n) is 10.1. The number of halogens is 2. The number of methoxy groups -OCH3 is 1. The standard InChI is InChI=1S/C22H24F2N4O3/c1-29-21-18(23)6-15(7-19(21)24)10-28(17-3-2-16(8-25)27-9-17)5-4-20-30-13-22(14-31-20)11-26-12-22/h2-3,6-7,9,20,26H,4-5,10-14H2,1H3. The molecule has 0 amide bonds. The number of benzene rings is 1. The zero-order valence-corrected chi connectivity index (χ0v) is 17.2. The summed E-state index contributed by atoms with van der Waals surface area (Å²) in [5.74, 6) is -1.92. The van der Waals surface area contributed by atoms with Gasteiger partial charge in [0.25, 0.3) is 0 Å². The predicted octanol–water partition coefficient (Wildman–Crippen LogP) is 2.60. The van der Waals surface area contributed by atoms with Crippen LogP contribution in [0.15, 0.2) is 30.5 Å². The van der Waals surface area contributed by atoms with Crippen LogP contribution < -0.4 is 15.0 Å². The Hall–Kier alpha value is -2.80. The molecule has 1 aromatic heterocycles. The molecule has 0 atom stereocenters. The van der Waals surface area contributed by atoms with Gasteiger partial charge < -0.3 is 24.4 Å². The minimum absolute atomic E-state index is 0.0887. The van der Waals surface area contributed by atoms with Crippen LogP contribution in [0.2, 0.25) is 0 Å².